The highest BCUT2D eigenvalue weighted by Crippen LogP contribution is 2.23. The molecule has 0 saturated carbocycles. The first-order valence-corrected chi connectivity index (χ1v) is 10.9. The molecule has 2 aromatic rings. The van der Waals surface area contributed by atoms with Crippen LogP contribution >= 0.6 is 12.6 Å². The van der Waals surface area contributed by atoms with E-state index >= 15 is 0 Å². The van der Waals surface area contributed by atoms with Crippen molar-refractivity contribution in [3.05, 3.63) is 59.7 Å². The summed E-state index contributed by atoms with van der Waals surface area (Å²) in [5.74, 6) is 4.94. The third-order valence-electron chi connectivity index (χ3n) is 3.05. The molecule has 33 heavy (non-hydrogen) atoms. The number of halogens is 2. The average molecular weight is 487 g/mol. The number of rotatable bonds is 6. The van der Waals surface area contributed by atoms with Gasteiger partial charge in [-0.05, 0) is 63.8 Å². The van der Waals surface area contributed by atoms with Crippen LogP contribution < -0.4 is 22.3 Å². The van der Waals surface area contributed by atoms with E-state index in [1.807, 2.05) is 34.6 Å². The van der Waals surface area contributed by atoms with Crippen molar-refractivity contribution in [1.82, 2.24) is 10.7 Å². The summed E-state index contributed by atoms with van der Waals surface area (Å²) in [5.41, 5.74) is 8.63. The molecule has 0 aliphatic rings. The van der Waals surface area contributed by atoms with Crippen LogP contribution in [0.15, 0.2) is 42.5 Å². The number of benzene rings is 2. The van der Waals surface area contributed by atoms with Gasteiger partial charge in [0, 0.05) is 24.2 Å². The summed E-state index contributed by atoms with van der Waals surface area (Å²) < 4.78 is 26.5. The maximum atomic E-state index is 13.4. The zero-order chi connectivity index (χ0) is 26.3. The van der Waals surface area contributed by atoms with Gasteiger partial charge in [-0.1, -0.05) is 31.2 Å². The number of likely N-dealkylation sites (N-methyl/N-ethyl adjacent to an activating group) is 1. The lowest BCUT2D eigenvalue weighted by atomic mass is 10.0. The van der Waals surface area contributed by atoms with E-state index in [0.29, 0.717) is 17.4 Å². The molecule has 0 radical (unpaired) electrons. The minimum absolute atomic E-state index is 0. The van der Waals surface area contributed by atoms with Gasteiger partial charge in [0.15, 0.2) is 6.29 Å². The molecule has 0 fully saturated rings. The quantitative estimate of drug-likeness (QED) is 0.139. The maximum absolute atomic E-state index is 13.4. The number of thiol groups is 1. The van der Waals surface area contributed by atoms with Crippen LogP contribution in [0, 0.1) is 11.6 Å². The predicted molar refractivity (Wildman–Crippen MR) is 139 cm³/mol. The van der Waals surface area contributed by atoms with Crippen molar-refractivity contribution in [1.29, 1.82) is 0 Å². The van der Waals surface area contributed by atoms with Crippen LogP contribution in [-0.2, 0) is 4.79 Å². The van der Waals surface area contributed by atoms with Gasteiger partial charge < -0.3 is 15.8 Å². The van der Waals surface area contributed by atoms with Gasteiger partial charge >= 0.3 is 0 Å². The minimum atomic E-state index is -0.602. The van der Waals surface area contributed by atoms with Crippen molar-refractivity contribution in [3.63, 3.8) is 0 Å². The Bertz CT molecular complexity index is 733. The van der Waals surface area contributed by atoms with Crippen LogP contribution in [0.2, 0.25) is 0 Å². The molecule has 6 nitrogen and oxygen atoms in total. The number of nitrogens with one attached hydrogen (secondary N) is 2. The highest BCUT2D eigenvalue weighted by Gasteiger charge is 2.07. The van der Waals surface area contributed by atoms with E-state index in [9.17, 15) is 13.6 Å². The molecule has 0 saturated heterocycles. The minimum Gasteiger partial charge on any atom is -0.326 e. The fourth-order valence-electron chi connectivity index (χ4n) is 1.69. The number of hydrogen-bond acceptors (Lipinski definition) is 7. The third kappa shape index (κ3) is 22.8. The Hall–Kier alpha value is -2.17. The van der Waals surface area contributed by atoms with Gasteiger partial charge in [0.1, 0.15) is 18.4 Å². The molecule has 9 heteroatoms. The fraction of sp³-hybridized carbons (Fsp3) is 0.417. The topological polar surface area (TPSA) is 110 Å². The molecule has 0 aliphatic carbocycles. The number of hydrogen-bond donors (Lipinski definition) is 5. The van der Waals surface area contributed by atoms with Crippen molar-refractivity contribution in [3.8, 4) is 11.1 Å². The Morgan fingerprint density at radius 3 is 1.94 bits per heavy atom. The Kier molecular flexibility index (Phi) is 24.7. The molecular weight excluding hydrogens is 446 g/mol. The smallest absolute Gasteiger partial charge is 0.153 e. The monoisotopic (exact) mass is 486 g/mol. The Morgan fingerprint density at radius 1 is 1.06 bits per heavy atom. The molecule has 6 N–H and O–H groups in total. The summed E-state index contributed by atoms with van der Waals surface area (Å²) in [5, 5.41) is 2.93. The second kappa shape index (κ2) is 23.0. The second-order valence-electron chi connectivity index (χ2n) is 7.48. The van der Waals surface area contributed by atoms with Crippen LogP contribution in [0.5, 0.6) is 0 Å². The Labute approximate surface area is 202 Å². The van der Waals surface area contributed by atoms with Crippen LogP contribution in [-0.4, -0.2) is 44.5 Å². The largest absolute Gasteiger partial charge is 0.326 e. The molecule has 0 aliphatic heterocycles. The SMILES string of the molecule is C=O.CC(C)(C)N.CCCS.CNCCNN.O=Cc1cc(-c2ccccc2F)ccc1F. The molecule has 0 bridgehead atoms. The normalized spacial score (nSPS) is 9.39. The maximum Gasteiger partial charge on any atom is 0.153 e. The molecule has 0 amide bonds. The first-order valence-electron chi connectivity index (χ1n) is 10.3. The summed E-state index contributed by atoms with van der Waals surface area (Å²) in [6.07, 6.45) is 1.60. The molecular formula is C24H40F2N4O2S. The van der Waals surface area contributed by atoms with Crippen molar-refractivity contribution in [2.45, 2.75) is 39.7 Å². The molecule has 0 spiro atoms. The van der Waals surface area contributed by atoms with E-state index in [0.717, 1.165) is 24.9 Å². The zero-order valence-corrected chi connectivity index (χ0v) is 21.2. The number of hydrazine groups is 1. The standard InChI is InChI=1S/C13H8F2O.C4H11N.C3H11N3.C3H8S.CH2O/c14-12-6-5-9(7-10(12)8-16)11-3-1-2-4-13(11)15;1-4(2,3)5;1-5-2-3-6-4;1-2-3-4;1-2/h1-8H;5H2,1-3H3;5-6H,2-4H2,1H3;4H,2-3H2,1H3;1H2. The Morgan fingerprint density at radius 2 is 1.58 bits per heavy atom. The van der Waals surface area contributed by atoms with E-state index < -0.39 is 11.6 Å². The summed E-state index contributed by atoms with van der Waals surface area (Å²) in [4.78, 5) is 18.6. The van der Waals surface area contributed by atoms with Gasteiger partial charge in [-0.3, -0.25) is 16.1 Å². The van der Waals surface area contributed by atoms with Crippen LogP contribution in [0.4, 0.5) is 8.78 Å². The molecule has 2 aromatic carbocycles. The van der Waals surface area contributed by atoms with E-state index in [4.69, 9.17) is 16.4 Å². The van der Waals surface area contributed by atoms with Crippen molar-refractivity contribution in [2.75, 3.05) is 25.9 Å². The molecule has 0 atom stereocenters. The van der Waals surface area contributed by atoms with Gasteiger partial charge in [0.25, 0.3) is 0 Å². The highest BCUT2D eigenvalue weighted by molar-refractivity contribution is 7.80. The van der Waals surface area contributed by atoms with Gasteiger partial charge in [0.05, 0.1) is 5.56 Å². The number of carbonyl (C=O) groups is 2. The van der Waals surface area contributed by atoms with E-state index in [-0.39, 0.29) is 11.1 Å². The summed E-state index contributed by atoms with van der Waals surface area (Å²) in [7, 11) is 1.89. The van der Waals surface area contributed by atoms with Crippen LogP contribution in [0.1, 0.15) is 44.5 Å². The van der Waals surface area contributed by atoms with Gasteiger partial charge in [-0.15, -0.1) is 0 Å². The van der Waals surface area contributed by atoms with Crippen molar-refractivity contribution < 1.29 is 18.4 Å². The first-order chi connectivity index (χ1) is 15.5. The van der Waals surface area contributed by atoms with Gasteiger partial charge in [-0.2, -0.15) is 12.6 Å². The first kappa shape index (κ1) is 35.4. The van der Waals surface area contributed by atoms with Gasteiger partial charge in [0.2, 0.25) is 0 Å². The van der Waals surface area contributed by atoms with E-state index in [1.54, 1.807) is 18.2 Å². The summed E-state index contributed by atoms with van der Waals surface area (Å²) >= 11 is 3.92. The molecule has 188 valence electrons. The van der Waals surface area contributed by atoms with E-state index in [1.165, 1.54) is 24.6 Å². The number of carbonyl (C=O) groups excluding carboxylic acids is 2. The number of nitrogens with two attached hydrogens (primary N) is 2. The predicted octanol–water partition coefficient (Wildman–Crippen LogP) is 4.00. The van der Waals surface area contributed by atoms with E-state index in [2.05, 4.69) is 30.3 Å². The molecule has 0 aromatic heterocycles. The average Bonchev–Trinajstić information content (AvgIpc) is 2.79. The zero-order valence-electron chi connectivity index (χ0n) is 20.3. The van der Waals surface area contributed by atoms with Crippen LogP contribution in [0.25, 0.3) is 11.1 Å². The number of aldehydes is 1. The summed E-state index contributed by atoms with van der Waals surface area (Å²) in [6.45, 7) is 11.8. The van der Waals surface area contributed by atoms with Crippen LogP contribution in [0.3, 0.4) is 0 Å². The second-order valence-corrected chi connectivity index (χ2v) is 7.93. The lowest BCUT2D eigenvalue weighted by Gasteiger charge is -2.06. The third-order valence-corrected chi connectivity index (χ3v) is 3.50. The highest BCUT2D eigenvalue weighted by atomic mass is 32.1. The summed E-state index contributed by atoms with van der Waals surface area (Å²) in [6, 6.07) is 10.1. The Balaban J connectivity index is -0.000000439. The molecule has 0 unspecified atom stereocenters. The van der Waals surface area contributed by atoms with Crippen molar-refractivity contribution in [2.24, 2.45) is 11.6 Å². The molecule has 2 rings (SSSR count). The molecule has 0 heterocycles. The van der Waals surface area contributed by atoms with Crippen molar-refractivity contribution >= 4 is 25.7 Å². The van der Waals surface area contributed by atoms with Gasteiger partial charge in [-0.25, -0.2) is 8.78 Å². The lowest BCUT2D eigenvalue weighted by molar-refractivity contribution is -0.0980. The lowest BCUT2D eigenvalue weighted by Crippen LogP contribution is -2.29. The fourth-order valence-corrected chi connectivity index (χ4v) is 1.69.